The maximum atomic E-state index is 13.1. The number of benzene rings is 3. The van der Waals surface area contributed by atoms with Gasteiger partial charge in [-0.3, -0.25) is 4.79 Å². The van der Waals surface area contributed by atoms with E-state index in [-0.39, 0.29) is 5.91 Å². The molecule has 0 fully saturated rings. The number of hydrogen-bond acceptors (Lipinski definition) is 3. The van der Waals surface area contributed by atoms with Gasteiger partial charge in [-0.25, -0.2) is 0 Å². The Morgan fingerprint density at radius 1 is 0.966 bits per heavy atom. The van der Waals surface area contributed by atoms with Crippen LogP contribution in [-0.2, 0) is 11.2 Å². The van der Waals surface area contributed by atoms with Gasteiger partial charge >= 0.3 is 0 Å². The number of amides is 1. The van der Waals surface area contributed by atoms with Crippen molar-refractivity contribution >= 4 is 11.6 Å². The van der Waals surface area contributed by atoms with Crippen LogP contribution in [0, 0.1) is 13.8 Å². The Morgan fingerprint density at radius 3 is 2.38 bits per heavy atom. The van der Waals surface area contributed by atoms with Gasteiger partial charge < -0.3 is 15.4 Å². The second-order valence-electron chi connectivity index (χ2n) is 7.20. The molecule has 0 aliphatic heterocycles. The van der Waals surface area contributed by atoms with Gasteiger partial charge in [0, 0.05) is 12.2 Å². The molecule has 0 bridgehead atoms. The zero-order valence-electron chi connectivity index (χ0n) is 17.2. The summed E-state index contributed by atoms with van der Waals surface area (Å²) in [4.78, 5) is 13.1. The molecule has 0 unspecified atom stereocenters. The van der Waals surface area contributed by atoms with E-state index < -0.39 is 6.04 Å². The molecule has 3 aromatic carbocycles. The van der Waals surface area contributed by atoms with E-state index in [1.807, 2.05) is 86.6 Å². The minimum Gasteiger partial charge on any atom is -0.497 e. The molecular weight excluding hydrogens is 360 g/mol. The Balaban J connectivity index is 1.70. The zero-order chi connectivity index (χ0) is 20.6. The predicted molar refractivity (Wildman–Crippen MR) is 118 cm³/mol. The molecule has 0 spiro atoms. The smallest absolute Gasteiger partial charge is 0.246 e. The third-order valence-electron chi connectivity index (χ3n) is 4.97. The van der Waals surface area contributed by atoms with E-state index in [2.05, 4.69) is 10.6 Å². The lowest BCUT2D eigenvalue weighted by Gasteiger charge is -2.20. The first kappa shape index (κ1) is 20.6. The van der Waals surface area contributed by atoms with Crippen LogP contribution >= 0.6 is 0 Å². The first-order chi connectivity index (χ1) is 14.1. The van der Waals surface area contributed by atoms with E-state index in [0.29, 0.717) is 6.54 Å². The van der Waals surface area contributed by atoms with Crippen LogP contribution in [0.4, 0.5) is 5.69 Å². The molecule has 3 rings (SSSR count). The van der Waals surface area contributed by atoms with Gasteiger partial charge in [0.15, 0.2) is 0 Å². The molecule has 1 amide bonds. The van der Waals surface area contributed by atoms with Gasteiger partial charge in [0.25, 0.3) is 0 Å². The number of anilines is 1. The maximum Gasteiger partial charge on any atom is 0.246 e. The molecule has 0 heterocycles. The van der Waals surface area contributed by atoms with Crippen LogP contribution in [0.15, 0.2) is 72.8 Å². The van der Waals surface area contributed by atoms with Crippen LogP contribution in [0.3, 0.4) is 0 Å². The van der Waals surface area contributed by atoms with Gasteiger partial charge in [-0.15, -0.1) is 0 Å². The van der Waals surface area contributed by atoms with Crippen molar-refractivity contribution in [3.8, 4) is 5.75 Å². The van der Waals surface area contributed by atoms with Crippen molar-refractivity contribution in [3.63, 3.8) is 0 Å². The van der Waals surface area contributed by atoms with E-state index in [4.69, 9.17) is 4.74 Å². The number of methoxy groups -OCH3 is 1. The summed E-state index contributed by atoms with van der Waals surface area (Å²) in [6.07, 6.45) is 0.823. The molecule has 0 aliphatic rings. The highest BCUT2D eigenvalue weighted by Gasteiger charge is 2.20. The lowest BCUT2D eigenvalue weighted by atomic mass is 10.0. The highest BCUT2D eigenvalue weighted by Crippen LogP contribution is 2.20. The fraction of sp³-hybridized carbons (Fsp3) is 0.240. The molecule has 3 aromatic rings. The molecule has 0 aliphatic carbocycles. The van der Waals surface area contributed by atoms with Crippen molar-refractivity contribution in [2.24, 2.45) is 0 Å². The summed E-state index contributed by atoms with van der Waals surface area (Å²) < 4.78 is 5.21. The fourth-order valence-corrected chi connectivity index (χ4v) is 3.24. The quantitative estimate of drug-likeness (QED) is 0.581. The minimum atomic E-state index is -0.422. The summed E-state index contributed by atoms with van der Waals surface area (Å²) >= 11 is 0. The first-order valence-corrected chi connectivity index (χ1v) is 9.86. The second-order valence-corrected chi connectivity index (χ2v) is 7.20. The number of hydrogen-bond donors (Lipinski definition) is 2. The lowest BCUT2D eigenvalue weighted by Crippen LogP contribution is -2.34. The van der Waals surface area contributed by atoms with Crippen LogP contribution in [0.25, 0.3) is 0 Å². The Hall–Kier alpha value is -3.11. The second kappa shape index (κ2) is 9.89. The average molecular weight is 389 g/mol. The maximum absolute atomic E-state index is 13.1. The van der Waals surface area contributed by atoms with E-state index in [1.54, 1.807) is 7.11 Å². The van der Waals surface area contributed by atoms with E-state index in [0.717, 1.165) is 34.5 Å². The van der Waals surface area contributed by atoms with Crippen LogP contribution in [0.2, 0.25) is 0 Å². The van der Waals surface area contributed by atoms with Gasteiger partial charge in [-0.05, 0) is 60.7 Å². The van der Waals surface area contributed by atoms with Crippen molar-refractivity contribution in [1.82, 2.24) is 5.32 Å². The zero-order valence-corrected chi connectivity index (χ0v) is 17.2. The van der Waals surface area contributed by atoms with Gasteiger partial charge in [-0.1, -0.05) is 54.6 Å². The fourth-order valence-electron chi connectivity index (χ4n) is 3.24. The molecule has 0 saturated carbocycles. The minimum absolute atomic E-state index is 0.0559. The molecule has 0 aromatic heterocycles. The Kier molecular flexibility index (Phi) is 7.04. The van der Waals surface area contributed by atoms with Gasteiger partial charge in [0.2, 0.25) is 5.91 Å². The molecule has 4 nitrogen and oxygen atoms in total. The number of carbonyl (C=O) groups is 1. The highest BCUT2D eigenvalue weighted by molar-refractivity contribution is 5.96. The van der Waals surface area contributed by atoms with Crippen molar-refractivity contribution in [1.29, 1.82) is 0 Å². The Morgan fingerprint density at radius 2 is 1.69 bits per heavy atom. The summed E-state index contributed by atoms with van der Waals surface area (Å²) in [5, 5.41) is 6.52. The SMILES string of the molecule is COc1ccc(CCN[C@@H](C(=O)Nc2cc(C)ccc2C)c2ccccc2)cc1. The third kappa shape index (κ3) is 5.69. The molecule has 150 valence electrons. The molecule has 29 heavy (non-hydrogen) atoms. The molecule has 0 radical (unpaired) electrons. The van der Waals surface area contributed by atoms with E-state index in [9.17, 15) is 4.79 Å². The first-order valence-electron chi connectivity index (χ1n) is 9.86. The molecule has 2 N–H and O–H groups in total. The number of ether oxygens (including phenoxy) is 1. The van der Waals surface area contributed by atoms with Gasteiger partial charge in [-0.2, -0.15) is 0 Å². The third-order valence-corrected chi connectivity index (χ3v) is 4.97. The Labute approximate surface area is 172 Å². The normalized spacial score (nSPS) is 11.7. The van der Waals surface area contributed by atoms with E-state index in [1.165, 1.54) is 5.56 Å². The van der Waals surface area contributed by atoms with Crippen molar-refractivity contribution in [2.45, 2.75) is 26.3 Å². The Bertz CT molecular complexity index is 937. The molecule has 0 saturated heterocycles. The van der Waals surface area contributed by atoms with Crippen LogP contribution in [-0.4, -0.2) is 19.6 Å². The van der Waals surface area contributed by atoms with Crippen LogP contribution in [0.5, 0.6) is 5.75 Å². The predicted octanol–water partition coefficient (Wildman–Crippen LogP) is 4.82. The van der Waals surface area contributed by atoms with Crippen molar-refractivity contribution in [2.75, 3.05) is 19.0 Å². The van der Waals surface area contributed by atoms with Gasteiger partial charge in [0.1, 0.15) is 11.8 Å². The summed E-state index contributed by atoms with van der Waals surface area (Å²) in [6.45, 7) is 4.71. The number of carbonyl (C=O) groups excluding carboxylic acids is 1. The van der Waals surface area contributed by atoms with Crippen molar-refractivity contribution in [3.05, 3.63) is 95.1 Å². The van der Waals surface area contributed by atoms with E-state index >= 15 is 0 Å². The summed E-state index contributed by atoms with van der Waals surface area (Å²) in [6, 6.07) is 23.5. The monoisotopic (exact) mass is 388 g/mol. The van der Waals surface area contributed by atoms with Crippen LogP contribution in [0.1, 0.15) is 28.3 Å². The molecule has 4 heteroatoms. The number of rotatable bonds is 8. The summed E-state index contributed by atoms with van der Waals surface area (Å²) in [7, 11) is 1.66. The standard InChI is InChI=1S/C25H28N2O2/c1-18-9-10-19(2)23(17-18)27-25(28)24(21-7-5-4-6-8-21)26-16-15-20-11-13-22(29-3)14-12-20/h4-14,17,24,26H,15-16H2,1-3H3,(H,27,28)/t24-/m1/s1. The summed E-state index contributed by atoms with van der Waals surface area (Å²) in [5.74, 6) is 0.788. The molecule has 1 atom stereocenters. The van der Waals surface area contributed by atoms with Crippen molar-refractivity contribution < 1.29 is 9.53 Å². The highest BCUT2D eigenvalue weighted by atomic mass is 16.5. The number of aryl methyl sites for hydroxylation is 2. The number of nitrogens with one attached hydrogen (secondary N) is 2. The summed E-state index contributed by atoms with van der Waals surface area (Å²) in [5.41, 5.74) is 5.17. The van der Waals surface area contributed by atoms with Gasteiger partial charge in [0.05, 0.1) is 7.11 Å². The molecular formula is C25H28N2O2. The van der Waals surface area contributed by atoms with Crippen LogP contribution < -0.4 is 15.4 Å². The largest absolute Gasteiger partial charge is 0.497 e. The topological polar surface area (TPSA) is 50.4 Å². The average Bonchev–Trinajstić information content (AvgIpc) is 2.75. The lowest BCUT2D eigenvalue weighted by molar-refractivity contribution is -0.118.